The molecular weight excluding hydrogens is 252 g/mol. The van der Waals surface area contributed by atoms with E-state index in [1.165, 1.54) is 20.9 Å². The Morgan fingerprint density at radius 1 is 1.40 bits per heavy atom. The molecule has 1 aromatic carbocycles. The zero-order chi connectivity index (χ0) is 10.8. The highest BCUT2D eigenvalue weighted by Gasteiger charge is 2.04. The maximum atomic E-state index is 3.63. The molecule has 0 unspecified atom stereocenters. The quantitative estimate of drug-likeness (QED) is 0.904. The van der Waals surface area contributed by atoms with E-state index in [2.05, 4.69) is 57.3 Å². The van der Waals surface area contributed by atoms with E-state index in [1.54, 1.807) is 0 Å². The van der Waals surface area contributed by atoms with E-state index in [0.29, 0.717) is 0 Å². The summed E-state index contributed by atoms with van der Waals surface area (Å²) in [7, 11) is 4.05. The SMILES string of the molecule is CNCCc1cc(Br)c2c(ccn2C)c1. The highest BCUT2D eigenvalue weighted by molar-refractivity contribution is 9.10. The van der Waals surface area contributed by atoms with Crippen molar-refractivity contribution in [2.75, 3.05) is 13.6 Å². The first-order chi connectivity index (χ1) is 7.22. The molecule has 0 aliphatic rings. The van der Waals surface area contributed by atoms with E-state index < -0.39 is 0 Å². The van der Waals surface area contributed by atoms with Gasteiger partial charge in [-0.2, -0.15) is 0 Å². The first-order valence-corrected chi connectivity index (χ1v) is 5.89. The van der Waals surface area contributed by atoms with Crippen molar-refractivity contribution in [3.8, 4) is 0 Å². The molecular formula is C12H15BrN2. The second kappa shape index (κ2) is 4.37. The van der Waals surface area contributed by atoms with Gasteiger partial charge >= 0.3 is 0 Å². The molecule has 0 bridgehead atoms. The smallest absolute Gasteiger partial charge is 0.0622 e. The Hall–Kier alpha value is -0.800. The molecule has 0 fully saturated rings. The Bertz CT molecular complexity index is 474. The predicted molar refractivity (Wildman–Crippen MR) is 68.2 cm³/mol. The van der Waals surface area contributed by atoms with Crippen LogP contribution in [0.2, 0.25) is 0 Å². The molecule has 3 heteroatoms. The summed E-state index contributed by atoms with van der Waals surface area (Å²) in [4.78, 5) is 0. The number of aryl methyl sites for hydroxylation is 1. The number of fused-ring (bicyclic) bond motifs is 1. The number of likely N-dealkylation sites (N-methyl/N-ethyl adjacent to an activating group) is 1. The van der Waals surface area contributed by atoms with Crippen LogP contribution in [-0.2, 0) is 13.5 Å². The molecule has 2 aromatic rings. The van der Waals surface area contributed by atoms with Gasteiger partial charge in [0, 0.05) is 23.1 Å². The average Bonchev–Trinajstić information content (AvgIpc) is 2.58. The summed E-state index contributed by atoms with van der Waals surface area (Å²) in [5.74, 6) is 0. The van der Waals surface area contributed by atoms with Gasteiger partial charge in [-0.25, -0.2) is 0 Å². The molecule has 80 valence electrons. The average molecular weight is 267 g/mol. The van der Waals surface area contributed by atoms with Gasteiger partial charge in [0.1, 0.15) is 0 Å². The summed E-state index contributed by atoms with van der Waals surface area (Å²) in [6.07, 6.45) is 3.16. The molecule has 0 radical (unpaired) electrons. The number of benzene rings is 1. The Morgan fingerprint density at radius 2 is 2.20 bits per heavy atom. The van der Waals surface area contributed by atoms with Crippen LogP contribution in [0.5, 0.6) is 0 Å². The number of nitrogens with one attached hydrogen (secondary N) is 1. The minimum absolute atomic E-state index is 1.02. The van der Waals surface area contributed by atoms with Gasteiger partial charge in [0.15, 0.2) is 0 Å². The lowest BCUT2D eigenvalue weighted by Crippen LogP contribution is -2.10. The predicted octanol–water partition coefficient (Wildman–Crippen LogP) is 2.70. The highest BCUT2D eigenvalue weighted by atomic mass is 79.9. The van der Waals surface area contributed by atoms with Crippen LogP contribution < -0.4 is 5.32 Å². The van der Waals surface area contributed by atoms with Crippen molar-refractivity contribution in [2.24, 2.45) is 7.05 Å². The molecule has 15 heavy (non-hydrogen) atoms. The maximum Gasteiger partial charge on any atom is 0.0622 e. The lowest BCUT2D eigenvalue weighted by Gasteiger charge is -2.05. The zero-order valence-corrected chi connectivity index (χ0v) is 10.6. The first-order valence-electron chi connectivity index (χ1n) is 5.10. The Morgan fingerprint density at radius 3 is 2.93 bits per heavy atom. The fourth-order valence-corrected chi connectivity index (χ4v) is 2.66. The maximum absolute atomic E-state index is 3.63. The van der Waals surface area contributed by atoms with E-state index >= 15 is 0 Å². The minimum Gasteiger partial charge on any atom is -0.350 e. The van der Waals surface area contributed by atoms with Crippen molar-refractivity contribution in [3.63, 3.8) is 0 Å². The number of rotatable bonds is 3. The molecule has 0 amide bonds. The van der Waals surface area contributed by atoms with Crippen LogP contribution in [-0.4, -0.2) is 18.2 Å². The molecule has 0 aliphatic heterocycles. The van der Waals surface area contributed by atoms with E-state index in [9.17, 15) is 0 Å². The minimum atomic E-state index is 1.02. The number of hydrogen-bond acceptors (Lipinski definition) is 1. The van der Waals surface area contributed by atoms with Crippen molar-refractivity contribution in [1.82, 2.24) is 9.88 Å². The lowest BCUT2D eigenvalue weighted by molar-refractivity contribution is 0.792. The molecule has 2 rings (SSSR count). The van der Waals surface area contributed by atoms with Crippen LogP contribution in [0.4, 0.5) is 0 Å². The van der Waals surface area contributed by atoms with Gasteiger partial charge in [-0.1, -0.05) is 0 Å². The van der Waals surface area contributed by atoms with Gasteiger partial charge in [0.2, 0.25) is 0 Å². The highest BCUT2D eigenvalue weighted by Crippen LogP contribution is 2.26. The summed E-state index contributed by atoms with van der Waals surface area (Å²) in [5, 5.41) is 4.47. The van der Waals surface area contributed by atoms with Crippen LogP contribution in [0.3, 0.4) is 0 Å². The van der Waals surface area contributed by atoms with Crippen LogP contribution in [0.25, 0.3) is 10.9 Å². The molecule has 0 saturated heterocycles. The first kappa shape index (κ1) is 10.7. The monoisotopic (exact) mass is 266 g/mol. The molecule has 1 aromatic heterocycles. The second-order valence-electron chi connectivity index (χ2n) is 3.80. The molecule has 0 saturated carbocycles. The summed E-state index contributed by atoms with van der Waals surface area (Å²) in [5.41, 5.74) is 2.64. The van der Waals surface area contributed by atoms with Gasteiger partial charge in [-0.15, -0.1) is 0 Å². The van der Waals surface area contributed by atoms with E-state index in [1.807, 2.05) is 7.05 Å². The molecule has 1 heterocycles. The largest absolute Gasteiger partial charge is 0.350 e. The van der Waals surface area contributed by atoms with Crippen LogP contribution >= 0.6 is 15.9 Å². The van der Waals surface area contributed by atoms with Crippen molar-refractivity contribution >= 4 is 26.8 Å². The standard InChI is InChI=1S/C12H15BrN2/c1-14-5-3-9-7-10-4-6-15(2)12(10)11(13)8-9/h4,6-8,14H,3,5H2,1-2H3. The second-order valence-corrected chi connectivity index (χ2v) is 4.65. The third-order valence-electron chi connectivity index (χ3n) is 2.65. The Kier molecular flexibility index (Phi) is 3.12. The van der Waals surface area contributed by atoms with Crippen molar-refractivity contribution in [1.29, 1.82) is 0 Å². The van der Waals surface area contributed by atoms with Crippen LogP contribution in [0.1, 0.15) is 5.56 Å². The summed E-state index contributed by atoms with van der Waals surface area (Å²) >= 11 is 3.63. The Balaban J connectivity index is 2.44. The van der Waals surface area contributed by atoms with Crippen LogP contribution in [0, 0.1) is 0 Å². The van der Waals surface area contributed by atoms with Gasteiger partial charge in [0.25, 0.3) is 0 Å². The topological polar surface area (TPSA) is 17.0 Å². The molecule has 0 aliphatic carbocycles. The molecule has 0 spiro atoms. The van der Waals surface area contributed by atoms with E-state index in [0.717, 1.165) is 13.0 Å². The number of nitrogens with zero attached hydrogens (tertiary/aromatic N) is 1. The number of hydrogen-bond donors (Lipinski definition) is 1. The molecule has 0 atom stereocenters. The van der Waals surface area contributed by atoms with Crippen LogP contribution in [0.15, 0.2) is 28.9 Å². The summed E-state index contributed by atoms with van der Waals surface area (Å²) < 4.78 is 3.32. The molecule has 2 nitrogen and oxygen atoms in total. The summed E-state index contributed by atoms with van der Waals surface area (Å²) in [6.45, 7) is 1.02. The van der Waals surface area contributed by atoms with Crippen molar-refractivity contribution in [3.05, 3.63) is 34.4 Å². The third-order valence-corrected chi connectivity index (χ3v) is 3.25. The molecule has 1 N–H and O–H groups in total. The van der Waals surface area contributed by atoms with Gasteiger partial charge in [0.05, 0.1) is 5.52 Å². The Labute approximate surface area is 98.4 Å². The fraction of sp³-hybridized carbons (Fsp3) is 0.333. The van der Waals surface area contributed by atoms with Crippen molar-refractivity contribution < 1.29 is 0 Å². The van der Waals surface area contributed by atoms with Gasteiger partial charge in [-0.3, -0.25) is 0 Å². The normalized spacial score (nSPS) is 11.1. The number of aromatic nitrogens is 1. The zero-order valence-electron chi connectivity index (χ0n) is 9.05. The van der Waals surface area contributed by atoms with Gasteiger partial charge < -0.3 is 9.88 Å². The third kappa shape index (κ3) is 2.08. The summed E-state index contributed by atoms with van der Waals surface area (Å²) in [6, 6.07) is 6.63. The van der Waals surface area contributed by atoms with E-state index in [4.69, 9.17) is 0 Å². The fourth-order valence-electron chi connectivity index (χ4n) is 1.86. The van der Waals surface area contributed by atoms with Crippen molar-refractivity contribution in [2.45, 2.75) is 6.42 Å². The lowest BCUT2D eigenvalue weighted by atomic mass is 10.1. The number of halogens is 1. The van der Waals surface area contributed by atoms with E-state index in [-0.39, 0.29) is 0 Å². The van der Waals surface area contributed by atoms with Gasteiger partial charge in [-0.05, 0) is 59.7 Å².